The zero-order chi connectivity index (χ0) is 46.5. The number of nitrogens with zero attached hydrogens (tertiary/aromatic N) is 2. The van der Waals surface area contributed by atoms with Gasteiger partial charge < -0.3 is 38.6 Å². The SMILES string of the molecule is CC1(C)OB(B2OC(C)(C)C(C)(C)O2)OC1(C)C.CC1(C)OB(c2ccc(NC(=O)N3CCc4ccccc43)cc2)OC1(C)C.O=C(Nc1ccc(Br)cc1)N1CCc2ccccc21. The molecule has 4 aromatic rings. The van der Waals surface area contributed by atoms with Crippen LogP contribution in [-0.2, 0) is 40.8 Å². The standard InChI is InChI=1S/C21H25BN2O3.C15H13BrN2O.C12H24B2O4/c1-20(2)21(3,4)27-22(26-20)16-9-11-17(12-10-16)23-19(25)24-14-13-15-7-5-6-8-18(15)24;16-12-5-7-13(8-6-12)17-15(19)18-10-9-11-3-1-2-4-14(11)18;1-9(2)10(3,4)16-13(15-9)14-17-11(5,6)12(7,8)18-14/h5-12H,13-14H2,1-4H3,(H,23,25);1-8H,9-10H2,(H,17,19);1-8H3. The van der Waals surface area contributed by atoms with Gasteiger partial charge in [0.1, 0.15) is 0 Å². The van der Waals surface area contributed by atoms with E-state index in [9.17, 15) is 9.59 Å². The average Bonchev–Trinajstić information content (AvgIpc) is 4.00. The lowest BCUT2D eigenvalue weighted by Gasteiger charge is -2.32. The highest BCUT2D eigenvalue weighted by Crippen LogP contribution is 2.43. The molecular weight excluding hydrogens is 873 g/mol. The van der Waals surface area contributed by atoms with Crippen LogP contribution in [0.15, 0.2) is 102 Å². The number of carbonyl (C=O) groups excluding carboxylic acids is 2. The lowest BCUT2D eigenvalue weighted by Crippen LogP contribution is -2.41. The quantitative estimate of drug-likeness (QED) is 0.194. The molecule has 0 aliphatic carbocycles. The Balaban J connectivity index is 0.000000148. The normalized spacial score (nSPS) is 21.3. The lowest BCUT2D eigenvalue weighted by atomic mass is 9.49. The molecule has 12 nitrogen and oxygen atoms in total. The summed E-state index contributed by atoms with van der Waals surface area (Å²) in [4.78, 5) is 28.5. The number of urea groups is 2. The van der Waals surface area contributed by atoms with Crippen molar-refractivity contribution in [3.05, 3.63) is 113 Å². The predicted octanol–water partition coefficient (Wildman–Crippen LogP) is 9.87. The van der Waals surface area contributed by atoms with Gasteiger partial charge in [-0.2, -0.15) is 0 Å². The highest BCUT2D eigenvalue weighted by molar-refractivity contribution is 9.10. The van der Waals surface area contributed by atoms with Crippen LogP contribution >= 0.6 is 15.9 Å². The first-order valence-corrected chi connectivity index (χ1v) is 22.9. The Hall–Kier alpha value is -4.15. The van der Waals surface area contributed by atoms with Gasteiger partial charge in [-0.1, -0.05) is 64.5 Å². The molecule has 3 saturated heterocycles. The number of hydrogen-bond donors (Lipinski definition) is 2. The highest BCUT2D eigenvalue weighted by atomic mass is 79.9. The molecule has 0 aromatic heterocycles. The summed E-state index contributed by atoms with van der Waals surface area (Å²) in [5.41, 5.74) is 4.77. The number of para-hydroxylation sites is 2. The summed E-state index contributed by atoms with van der Waals surface area (Å²) >= 11 is 3.38. The molecule has 4 amide bonds. The van der Waals surface area contributed by atoms with Gasteiger partial charge in [0.15, 0.2) is 0 Å². The van der Waals surface area contributed by atoms with Crippen molar-refractivity contribution in [1.82, 2.24) is 0 Å². The van der Waals surface area contributed by atoms with Crippen molar-refractivity contribution >= 4 is 77.3 Å². The van der Waals surface area contributed by atoms with Crippen LogP contribution in [0, 0.1) is 0 Å². The third-order valence-corrected chi connectivity index (χ3v) is 14.3. The molecule has 338 valence electrons. The summed E-state index contributed by atoms with van der Waals surface area (Å²) in [5.74, 6) is 0. The number of benzene rings is 4. The summed E-state index contributed by atoms with van der Waals surface area (Å²) in [6.07, 6.45) is 1.81. The largest absolute Gasteiger partial charge is 0.494 e. The van der Waals surface area contributed by atoms with Crippen molar-refractivity contribution in [2.75, 3.05) is 33.5 Å². The van der Waals surface area contributed by atoms with E-state index in [0.29, 0.717) is 6.54 Å². The average molecular weight is 935 g/mol. The third kappa shape index (κ3) is 9.99. The third-order valence-electron chi connectivity index (χ3n) is 13.8. The van der Waals surface area contributed by atoms with Crippen LogP contribution in [0.3, 0.4) is 0 Å². The maximum atomic E-state index is 12.7. The van der Waals surface area contributed by atoms with Crippen LogP contribution in [0.2, 0.25) is 0 Å². The van der Waals surface area contributed by atoms with Crippen LogP contribution in [0.4, 0.5) is 32.3 Å². The van der Waals surface area contributed by atoms with E-state index in [0.717, 1.165) is 52.1 Å². The Labute approximate surface area is 388 Å². The number of nitrogens with one attached hydrogen (secondary N) is 2. The smallest absolute Gasteiger partial charge is 0.405 e. The second kappa shape index (κ2) is 17.9. The second-order valence-electron chi connectivity index (χ2n) is 19.9. The second-order valence-corrected chi connectivity index (χ2v) is 20.8. The maximum absolute atomic E-state index is 12.7. The Kier molecular flexibility index (Phi) is 13.4. The van der Waals surface area contributed by atoms with E-state index in [1.807, 2.05) is 168 Å². The van der Waals surface area contributed by atoms with Crippen LogP contribution in [0.25, 0.3) is 0 Å². The Bertz CT molecular complexity index is 2240. The van der Waals surface area contributed by atoms with Crippen molar-refractivity contribution < 1.29 is 37.5 Å². The first-order chi connectivity index (χ1) is 29.9. The Morgan fingerprint density at radius 3 is 1.19 bits per heavy atom. The molecule has 4 aromatic carbocycles. The number of hydrogen-bond acceptors (Lipinski definition) is 8. The molecule has 5 heterocycles. The molecule has 0 saturated carbocycles. The first kappa shape index (κ1) is 47.8. The van der Waals surface area contributed by atoms with E-state index in [4.69, 9.17) is 27.9 Å². The molecular formula is C48H62B3BrN4O8. The molecule has 0 unspecified atom stereocenters. The fourth-order valence-electron chi connectivity index (χ4n) is 7.72. The van der Waals surface area contributed by atoms with E-state index >= 15 is 0 Å². The molecule has 16 heteroatoms. The van der Waals surface area contributed by atoms with Crippen molar-refractivity contribution in [3.63, 3.8) is 0 Å². The highest BCUT2D eigenvalue weighted by Gasteiger charge is 2.63. The van der Waals surface area contributed by atoms with Crippen LogP contribution in [-0.4, -0.2) is 79.9 Å². The maximum Gasteiger partial charge on any atom is 0.494 e. The monoisotopic (exact) mass is 934 g/mol. The summed E-state index contributed by atoms with van der Waals surface area (Å²) in [6.45, 7) is 25.8. The molecule has 0 bridgehead atoms. The lowest BCUT2D eigenvalue weighted by molar-refractivity contribution is 0.00578. The Morgan fingerprint density at radius 2 is 0.812 bits per heavy atom. The van der Waals surface area contributed by atoms with E-state index in [1.165, 1.54) is 11.1 Å². The molecule has 3 fully saturated rings. The van der Waals surface area contributed by atoms with Gasteiger partial charge in [0.25, 0.3) is 0 Å². The summed E-state index contributed by atoms with van der Waals surface area (Å²) in [5, 5.41) is 5.90. The Morgan fingerprint density at radius 1 is 0.484 bits per heavy atom. The molecule has 0 atom stereocenters. The number of rotatable bonds is 4. The molecule has 5 aliphatic heterocycles. The van der Waals surface area contributed by atoms with Crippen molar-refractivity contribution in [3.8, 4) is 0 Å². The zero-order valence-corrected chi connectivity index (χ0v) is 40.9. The first-order valence-electron chi connectivity index (χ1n) is 22.1. The zero-order valence-electron chi connectivity index (χ0n) is 39.3. The van der Waals surface area contributed by atoms with Crippen LogP contribution < -0.4 is 25.9 Å². The fraction of sp³-hybridized carbons (Fsp3) is 0.458. The number of amides is 4. The molecule has 0 spiro atoms. The summed E-state index contributed by atoms with van der Waals surface area (Å²) in [7, 11) is -1.35. The number of carbonyl (C=O) groups is 2. The molecule has 5 aliphatic rings. The molecule has 64 heavy (non-hydrogen) atoms. The minimum atomic E-state index is -0.476. The van der Waals surface area contributed by atoms with E-state index in [2.05, 4.69) is 38.7 Å². The van der Waals surface area contributed by atoms with E-state index < -0.39 is 21.1 Å². The number of halogens is 1. The van der Waals surface area contributed by atoms with Gasteiger partial charge >= 0.3 is 33.2 Å². The fourth-order valence-corrected chi connectivity index (χ4v) is 7.98. The van der Waals surface area contributed by atoms with Crippen LogP contribution in [0.5, 0.6) is 0 Å². The van der Waals surface area contributed by atoms with Crippen LogP contribution in [0.1, 0.15) is 94.2 Å². The minimum absolute atomic E-state index is 0.0766. The van der Waals surface area contributed by atoms with Gasteiger partial charge in [-0.25, -0.2) is 9.59 Å². The topological polar surface area (TPSA) is 120 Å². The summed E-state index contributed by atoms with van der Waals surface area (Å²) in [6, 6.07) is 31.1. The predicted molar refractivity (Wildman–Crippen MR) is 261 cm³/mol. The van der Waals surface area contributed by atoms with Gasteiger partial charge in [-0.15, -0.1) is 0 Å². The molecule has 2 N–H and O–H groups in total. The summed E-state index contributed by atoms with van der Waals surface area (Å²) < 4.78 is 37.0. The van der Waals surface area contributed by atoms with E-state index in [1.54, 1.807) is 9.80 Å². The molecule has 0 radical (unpaired) electrons. The van der Waals surface area contributed by atoms with Gasteiger partial charge in [0.2, 0.25) is 0 Å². The number of fused-ring (bicyclic) bond motifs is 2. The van der Waals surface area contributed by atoms with Gasteiger partial charge in [0.05, 0.1) is 33.6 Å². The van der Waals surface area contributed by atoms with E-state index in [-0.39, 0.29) is 45.7 Å². The van der Waals surface area contributed by atoms with Crippen molar-refractivity contribution in [2.24, 2.45) is 0 Å². The van der Waals surface area contributed by atoms with Crippen molar-refractivity contribution in [2.45, 2.75) is 130 Å². The minimum Gasteiger partial charge on any atom is -0.405 e. The number of anilines is 4. The van der Waals surface area contributed by atoms with Gasteiger partial charge in [0, 0.05) is 40.3 Å². The van der Waals surface area contributed by atoms with Gasteiger partial charge in [-0.3, -0.25) is 9.80 Å². The van der Waals surface area contributed by atoms with Crippen molar-refractivity contribution in [1.29, 1.82) is 0 Å². The molecule has 9 rings (SSSR count). The van der Waals surface area contributed by atoms with Gasteiger partial charge in [-0.05, 0) is 161 Å².